The topological polar surface area (TPSA) is 77.0 Å². The number of benzene rings is 2. The van der Waals surface area contributed by atoms with Crippen molar-refractivity contribution < 1.29 is 4.79 Å². The molecule has 2 aromatic heterocycles. The number of fused-ring (bicyclic) bond motifs is 3. The minimum atomic E-state index is 0.127. The first-order valence-corrected chi connectivity index (χ1v) is 12.0. The average Bonchev–Trinajstić information content (AvgIpc) is 3.21. The van der Waals surface area contributed by atoms with E-state index in [0.717, 1.165) is 71.2 Å². The summed E-state index contributed by atoms with van der Waals surface area (Å²) in [4.78, 5) is 24.0. The Morgan fingerprint density at radius 1 is 1.06 bits per heavy atom. The number of carbonyl (C=O) groups is 1. The van der Waals surface area contributed by atoms with Gasteiger partial charge in [0.15, 0.2) is 11.6 Å². The molecule has 0 aliphatic rings. The summed E-state index contributed by atoms with van der Waals surface area (Å²) in [6.07, 6.45) is 7.84. The van der Waals surface area contributed by atoms with E-state index in [1.54, 1.807) is 6.08 Å². The Morgan fingerprint density at radius 2 is 1.82 bits per heavy atom. The van der Waals surface area contributed by atoms with Gasteiger partial charge in [0.05, 0.1) is 11.0 Å². The van der Waals surface area contributed by atoms with Crippen LogP contribution in [0.5, 0.6) is 0 Å². The first-order chi connectivity index (χ1) is 16.5. The molecule has 2 heterocycles. The normalized spacial score (nSPS) is 11.6. The summed E-state index contributed by atoms with van der Waals surface area (Å²) < 4.78 is 2.25. The van der Waals surface area contributed by atoms with Crippen molar-refractivity contribution in [1.29, 1.82) is 0 Å². The molecule has 0 bridgehead atoms. The minimum absolute atomic E-state index is 0.127. The van der Waals surface area contributed by atoms with Crippen LogP contribution < -0.4 is 10.6 Å². The molecule has 34 heavy (non-hydrogen) atoms. The number of aryl methyl sites for hydroxylation is 2. The number of hydrogen-bond acceptors (Lipinski definition) is 5. The zero-order valence-corrected chi connectivity index (χ0v) is 20.3. The molecule has 2 N–H and O–H groups in total. The summed E-state index contributed by atoms with van der Waals surface area (Å²) in [5.41, 5.74) is 11.1. The Kier molecular flexibility index (Phi) is 7.26. The van der Waals surface area contributed by atoms with E-state index in [4.69, 9.17) is 10.7 Å². The number of para-hydroxylation sites is 1. The van der Waals surface area contributed by atoms with Crippen LogP contribution in [0.15, 0.2) is 54.6 Å². The highest BCUT2D eigenvalue weighted by Gasteiger charge is 2.17. The second kappa shape index (κ2) is 10.5. The first-order valence-electron chi connectivity index (χ1n) is 12.0. The Bertz CT molecular complexity index is 1320. The van der Waals surface area contributed by atoms with Crippen LogP contribution in [0.1, 0.15) is 44.0 Å². The number of anilines is 2. The van der Waals surface area contributed by atoms with Gasteiger partial charge in [-0.15, -0.1) is 0 Å². The molecule has 176 valence electrons. The summed E-state index contributed by atoms with van der Waals surface area (Å²) in [7, 11) is 4.03. The number of nitrogens with zero attached hydrogens (tertiary/aromatic N) is 4. The van der Waals surface area contributed by atoms with Gasteiger partial charge in [-0.3, -0.25) is 4.79 Å². The summed E-state index contributed by atoms with van der Waals surface area (Å²) in [5.74, 6) is 1.61. The Hall–Kier alpha value is -3.67. The number of nitrogen functional groups attached to an aromatic ring is 1. The molecular weight excluding hydrogens is 422 g/mol. The van der Waals surface area contributed by atoms with Crippen LogP contribution in [0, 0.1) is 0 Å². The van der Waals surface area contributed by atoms with Crippen LogP contribution in [0.4, 0.5) is 11.5 Å². The molecule has 0 saturated heterocycles. The smallest absolute Gasteiger partial charge is 0.155 e. The molecule has 6 nitrogen and oxygen atoms in total. The van der Waals surface area contributed by atoms with Gasteiger partial charge in [0, 0.05) is 44.6 Å². The maximum Gasteiger partial charge on any atom is 0.155 e. The molecule has 0 aliphatic carbocycles. The zero-order chi connectivity index (χ0) is 24.1. The Balaban J connectivity index is 1.51. The number of nitrogens with two attached hydrogens (primary N) is 1. The molecule has 2 aromatic carbocycles. The molecule has 4 rings (SSSR count). The van der Waals surface area contributed by atoms with Crippen molar-refractivity contribution in [2.45, 2.75) is 45.6 Å². The largest absolute Gasteiger partial charge is 0.382 e. The van der Waals surface area contributed by atoms with Crippen molar-refractivity contribution in [2.75, 3.05) is 24.7 Å². The van der Waals surface area contributed by atoms with Crippen molar-refractivity contribution >= 4 is 45.3 Å². The van der Waals surface area contributed by atoms with Crippen molar-refractivity contribution in [3.63, 3.8) is 0 Å². The number of carbonyl (C=O) groups excluding carboxylic acids is 1. The van der Waals surface area contributed by atoms with Crippen LogP contribution in [0.3, 0.4) is 0 Å². The Labute approximate surface area is 201 Å². The van der Waals surface area contributed by atoms with E-state index in [2.05, 4.69) is 39.6 Å². The molecule has 0 spiro atoms. The van der Waals surface area contributed by atoms with E-state index in [1.807, 2.05) is 50.5 Å². The number of imidazole rings is 1. The van der Waals surface area contributed by atoms with Crippen molar-refractivity contribution in [3.8, 4) is 0 Å². The van der Waals surface area contributed by atoms with Gasteiger partial charge < -0.3 is 15.2 Å². The maximum atomic E-state index is 12.6. The van der Waals surface area contributed by atoms with Gasteiger partial charge in [0.2, 0.25) is 0 Å². The molecule has 0 unspecified atom stereocenters. The molecule has 0 saturated carbocycles. The fourth-order valence-electron chi connectivity index (χ4n) is 4.24. The van der Waals surface area contributed by atoms with Crippen molar-refractivity contribution in [3.05, 3.63) is 66.0 Å². The second-order valence-corrected chi connectivity index (χ2v) is 8.88. The van der Waals surface area contributed by atoms with Crippen molar-refractivity contribution in [1.82, 2.24) is 14.5 Å². The maximum absolute atomic E-state index is 12.6. The van der Waals surface area contributed by atoms with Gasteiger partial charge in [-0.2, -0.15) is 0 Å². The number of aromatic nitrogens is 3. The fraction of sp³-hybridized carbons (Fsp3) is 0.321. The van der Waals surface area contributed by atoms with E-state index in [0.29, 0.717) is 12.2 Å². The van der Waals surface area contributed by atoms with E-state index < -0.39 is 0 Å². The molecular formula is C28H33N5O. The number of rotatable bonds is 10. The average molecular weight is 456 g/mol. The molecule has 6 heteroatoms. The lowest BCUT2D eigenvalue weighted by Gasteiger charge is -2.11. The third-order valence-electron chi connectivity index (χ3n) is 6.12. The van der Waals surface area contributed by atoms with Crippen LogP contribution >= 0.6 is 0 Å². The van der Waals surface area contributed by atoms with Crippen molar-refractivity contribution in [2.24, 2.45) is 0 Å². The third kappa shape index (κ3) is 5.11. The first kappa shape index (κ1) is 23.5. The highest BCUT2D eigenvalue weighted by molar-refractivity contribution is 6.06. The predicted octanol–water partition coefficient (Wildman–Crippen LogP) is 5.64. The van der Waals surface area contributed by atoms with E-state index in [-0.39, 0.29) is 5.78 Å². The molecule has 0 radical (unpaired) electrons. The van der Waals surface area contributed by atoms with Crippen LogP contribution in [0.25, 0.3) is 28.0 Å². The highest BCUT2D eigenvalue weighted by atomic mass is 16.1. The summed E-state index contributed by atoms with van der Waals surface area (Å²) >= 11 is 0. The van der Waals surface area contributed by atoms with Crippen LogP contribution in [-0.2, 0) is 17.8 Å². The lowest BCUT2D eigenvalue weighted by Crippen LogP contribution is -2.07. The van der Waals surface area contributed by atoms with E-state index in [1.165, 1.54) is 0 Å². The second-order valence-electron chi connectivity index (χ2n) is 8.88. The molecule has 0 atom stereocenters. The SMILES string of the molecule is CCCCc1nc2c(N)nc3ccccc3c2n1CCCC(=O)/C=C/c1ccc(N(C)C)cc1. The number of allylic oxidation sites excluding steroid dienone is 1. The molecule has 0 aliphatic heterocycles. The third-order valence-corrected chi connectivity index (χ3v) is 6.12. The van der Waals surface area contributed by atoms with Gasteiger partial charge in [0.25, 0.3) is 0 Å². The van der Waals surface area contributed by atoms with E-state index >= 15 is 0 Å². The lowest BCUT2D eigenvalue weighted by molar-refractivity contribution is -0.114. The zero-order valence-electron chi connectivity index (χ0n) is 20.3. The summed E-state index contributed by atoms with van der Waals surface area (Å²) in [6.45, 7) is 2.90. The molecule has 4 aromatic rings. The standard InChI is InChI=1S/C28H33N5O/c1-4-5-12-25-31-26-27(23-10-6-7-11-24(23)30-28(26)29)33(25)19-8-9-22(34)18-15-20-13-16-21(17-14-20)32(2)3/h6-7,10-11,13-18H,4-5,8-9,12,19H2,1-3H3,(H2,29,30)/b18-15+. The summed E-state index contributed by atoms with van der Waals surface area (Å²) in [5, 5.41) is 1.05. The van der Waals surface area contributed by atoms with Gasteiger partial charge in [-0.05, 0) is 42.7 Å². The van der Waals surface area contributed by atoms with Crippen LogP contribution in [0.2, 0.25) is 0 Å². The van der Waals surface area contributed by atoms with Crippen LogP contribution in [-0.4, -0.2) is 34.4 Å². The lowest BCUT2D eigenvalue weighted by atomic mass is 10.1. The quantitative estimate of drug-likeness (QED) is 0.313. The number of hydrogen-bond donors (Lipinski definition) is 1. The molecule has 0 amide bonds. The number of ketones is 1. The number of pyridine rings is 1. The van der Waals surface area contributed by atoms with Gasteiger partial charge >= 0.3 is 0 Å². The van der Waals surface area contributed by atoms with Gasteiger partial charge in [-0.25, -0.2) is 9.97 Å². The fourth-order valence-corrected chi connectivity index (χ4v) is 4.24. The van der Waals surface area contributed by atoms with Gasteiger partial charge in [-0.1, -0.05) is 49.8 Å². The van der Waals surface area contributed by atoms with E-state index in [9.17, 15) is 4.79 Å². The monoisotopic (exact) mass is 455 g/mol. The Morgan fingerprint density at radius 3 is 2.56 bits per heavy atom. The molecule has 0 fully saturated rings. The van der Waals surface area contributed by atoms with Gasteiger partial charge in [0.1, 0.15) is 11.3 Å². The highest BCUT2D eigenvalue weighted by Crippen LogP contribution is 2.29. The number of unbranched alkanes of at least 4 members (excludes halogenated alkanes) is 1. The minimum Gasteiger partial charge on any atom is -0.382 e. The predicted molar refractivity (Wildman–Crippen MR) is 142 cm³/mol. The summed E-state index contributed by atoms with van der Waals surface area (Å²) in [6, 6.07) is 16.2.